The van der Waals surface area contributed by atoms with Crippen LogP contribution in [0, 0.1) is 0 Å². The predicted octanol–water partition coefficient (Wildman–Crippen LogP) is 2.96. The summed E-state index contributed by atoms with van der Waals surface area (Å²) in [5.41, 5.74) is 0. The van der Waals surface area contributed by atoms with Crippen molar-refractivity contribution in [1.82, 2.24) is 5.32 Å². The van der Waals surface area contributed by atoms with Gasteiger partial charge in [0.05, 0.1) is 4.47 Å². The zero-order chi connectivity index (χ0) is 15.1. The van der Waals surface area contributed by atoms with Crippen molar-refractivity contribution in [3.8, 4) is 5.75 Å². The largest absolute Gasteiger partial charge is 0.483 e. The van der Waals surface area contributed by atoms with Gasteiger partial charge in [-0.3, -0.25) is 4.79 Å². The molecule has 1 aromatic carbocycles. The normalized spacial score (nSPS) is 11.8. The summed E-state index contributed by atoms with van der Waals surface area (Å²) >= 11 is 6.63. The summed E-state index contributed by atoms with van der Waals surface area (Å²) < 4.78 is 6.94. The summed E-state index contributed by atoms with van der Waals surface area (Å²) in [6, 6.07) is 4.42. The SMILES string of the molecule is CCC[C@H](NC(=O)COc1ccc(Br)cc1Br)C(=O)O. The molecule has 0 heterocycles. The van der Waals surface area contributed by atoms with Crippen LogP contribution in [0.5, 0.6) is 5.75 Å². The Morgan fingerprint density at radius 2 is 2.10 bits per heavy atom. The van der Waals surface area contributed by atoms with Gasteiger partial charge in [0, 0.05) is 4.47 Å². The van der Waals surface area contributed by atoms with Crippen LogP contribution in [0.2, 0.25) is 0 Å². The molecule has 0 aliphatic heterocycles. The van der Waals surface area contributed by atoms with Crippen molar-refractivity contribution in [3.63, 3.8) is 0 Å². The second kappa shape index (κ2) is 8.26. The summed E-state index contributed by atoms with van der Waals surface area (Å²) in [5.74, 6) is -0.976. The highest BCUT2D eigenvalue weighted by atomic mass is 79.9. The van der Waals surface area contributed by atoms with Crippen LogP contribution < -0.4 is 10.1 Å². The molecule has 0 saturated carbocycles. The molecule has 0 spiro atoms. The third-order valence-electron chi connectivity index (χ3n) is 2.46. The lowest BCUT2D eigenvalue weighted by Crippen LogP contribution is -2.42. The van der Waals surface area contributed by atoms with E-state index in [1.54, 1.807) is 18.2 Å². The summed E-state index contributed by atoms with van der Waals surface area (Å²) in [7, 11) is 0. The van der Waals surface area contributed by atoms with Crippen molar-refractivity contribution in [2.24, 2.45) is 0 Å². The standard InChI is InChI=1S/C13H15Br2NO4/c1-2-3-10(13(18)19)16-12(17)7-20-11-5-4-8(14)6-9(11)15/h4-6,10H,2-3,7H2,1H3,(H,16,17)(H,18,19)/t10-/m0/s1. The van der Waals surface area contributed by atoms with Crippen LogP contribution in [0.1, 0.15) is 19.8 Å². The fourth-order valence-electron chi connectivity index (χ4n) is 1.52. The molecule has 2 N–H and O–H groups in total. The molecule has 0 bridgehead atoms. The minimum atomic E-state index is -1.04. The molecule has 1 amide bonds. The average Bonchev–Trinajstić information content (AvgIpc) is 2.37. The van der Waals surface area contributed by atoms with Crippen molar-refractivity contribution in [1.29, 1.82) is 0 Å². The summed E-state index contributed by atoms with van der Waals surface area (Å²) in [5, 5.41) is 11.4. The van der Waals surface area contributed by atoms with E-state index in [-0.39, 0.29) is 6.61 Å². The lowest BCUT2D eigenvalue weighted by atomic mass is 10.2. The lowest BCUT2D eigenvalue weighted by molar-refractivity contribution is -0.142. The van der Waals surface area contributed by atoms with Crippen LogP contribution in [0.15, 0.2) is 27.1 Å². The quantitative estimate of drug-likeness (QED) is 0.727. The molecule has 7 heteroatoms. The summed E-state index contributed by atoms with van der Waals surface area (Å²) in [6.07, 6.45) is 1.07. The molecule has 0 fully saturated rings. The van der Waals surface area contributed by atoms with E-state index in [0.29, 0.717) is 23.1 Å². The lowest BCUT2D eigenvalue weighted by Gasteiger charge is -2.14. The first-order valence-corrected chi connectivity index (χ1v) is 7.62. The first-order chi connectivity index (χ1) is 9.43. The van der Waals surface area contributed by atoms with Gasteiger partial charge in [0.15, 0.2) is 6.61 Å². The Bertz CT molecular complexity index is 493. The van der Waals surface area contributed by atoms with Gasteiger partial charge in [-0.05, 0) is 40.5 Å². The van der Waals surface area contributed by atoms with Crippen molar-refractivity contribution < 1.29 is 19.4 Å². The fourth-order valence-corrected chi connectivity index (χ4v) is 2.68. The molecule has 20 heavy (non-hydrogen) atoms. The molecule has 0 aromatic heterocycles. The van der Waals surface area contributed by atoms with Crippen molar-refractivity contribution in [3.05, 3.63) is 27.1 Å². The predicted molar refractivity (Wildman–Crippen MR) is 81.8 cm³/mol. The number of aliphatic carboxylic acids is 1. The molecule has 1 rings (SSSR count). The van der Waals surface area contributed by atoms with E-state index in [1.807, 2.05) is 6.92 Å². The molecule has 110 valence electrons. The number of rotatable bonds is 7. The number of halogens is 2. The van der Waals surface area contributed by atoms with Gasteiger partial charge < -0.3 is 15.2 Å². The topological polar surface area (TPSA) is 75.6 Å². The Kier molecular flexibility index (Phi) is 7.01. The Labute approximate surface area is 134 Å². The first-order valence-electron chi connectivity index (χ1n) is 6.04. The highest BCUT2D eigenvalue weighted by Crippen LogP contribution is 2.28. The van der Waals surface area contributed by atoms with Crippen LogP contribution in [0.3, 0.4) is 0 Å². The van der Waals surface area contributed by atoms with Gasteiger partial charge in [-0.1, -0.05) is 29.3 Å². The monoisotopic (exact) mass is 407 g/mol. The average molecular weight is 409 g/mol. The molecule has 1 atom stereocenters. The van der Waals surface area contributed by atoms with E-state index in [4.69, 9.17) is 9.84 Å². The van der Waals surface area contributed by atoms with Crippen LogP contribution >= 0.6 is 31.9 Å². The number of ether oxygens (including phenoxy) is 1. The van der Waals surface area contributed by atoms with Gasteiger partial charge in [0.1, 0.15) is 11.8 Å². The van der Waals surface area contributed by atoms with E-state index in [2.05, 4.69) is 37.2 Å². The summed E-state index contributed by atoms with van der Waals surface area (Å²) in [6.45, 7) is 1.63. The van der Waals surface area contributed by atoms with Crippen LogP contribution in [0.25, 0.3) is 0 Å². The second-order valence-corrected chi connectivity index (χ2v) is 5.88. The van der Waals surface area contributed by atoms with Gasteiger partial charge in [-0.2, -0.15) is 0 Å². The van der Waals surface area contributed by atoms with E-state index >= 15 is 0 Å². The van der Waals surface area contributed by atoms with Crippen LogP contribution in [-0.4, -0.2) is 29.6 Å². The molecule has 0 aliphatic rings. The number of hydrogen-bond acceptors (Lipinski definition) is 3. The second-order valence-electron chi connectivity index (χ2n) is 4.11. The minimum absolute atomic E-state index is 0.228. The van der Waals surface area contributed by atoms with Gasteiger partial charge in [-0.25, -0.2) is 4.79 Å². The Hall–Kier alpha value is -1.08. The molecular weight excluding hydrogens is 394 g/mol. The number of carboxylic acid groups (broad SMARTS) is 1. The number of benzene rings is 1. The Morgan fingerprint density at radius 3 is 2.65 bits per heavy atom. The number of amides is 1. The van der Waals surface area contributed by atoms with Gasteiger partial charge in [0.25, 0.3) is 5.91 Å². The van der Waals surface area contributed by atoms with E-state index in [1.165, 1.54) is 0 Å². The van der Waals surface area contributed by atoms with E-state index < -0.39 is 17.9 Å². The maximum Gasteiger partial charge on any atom is 0.326 e. The van der Waals surface area contributed by atoms with Crippen molar-refractivity contribution in [2.75, 3.05) is 6.61 Å². The van der Waals surface area contributed by atoms with Crippen LogP contribution in [0.4, 0.5) is 0 Å². The minimum Gasteiger partial charge on any atom is -0.483 e. The summed E-state index contributed by atoms with van der Waals surface area (Å²) in [4.78, 5) is 22.6. The molecule has 0 aliphatic carbocycles. The fraction of sp³-hybridized carbons (Fsp3) is 0.385. The highest BCUT2D eigenvalue weighted by Gasteiger charge is 2.19. The number of carboxylic acids is 1. The van der Waals surface area contributed by atoms with Crippen molar-refractivity contribution >= 4 is 43.7 Å². The smallest absolute Gasteiger partial charge is 0.326 e. The molecule has 1 aromatic rings. The molecule has 0 saturated heterocycles. The molecule has 0 radical (unpaired) electrons. The number of carbonyl (C=O) groups excluding carboxylic acids is 1. The van der Waals surface area contributed by atoms with Crippen molar-refractivity contribution in [2.45, 2.75) is 25.8 Å². The Balaban J connectivity index is 2.52. The highest BCUT2D eigenvalue weighted by molar-refractivity contribution is 9.11. The molecule has 0 unspecified atom stereocenters. The molecular formula is C13H15Br2NO4. The number of nitrogens with one attached hydrogen (secondary N) is 1. The zero-order valence-electron chi connectivity index (χ0n) is 10.9. The van der Waals surface area contributed by atoms with Gasteiger partial charge in [0.2, 0.25) is 0 Å². The number of carbonyl (C=O) groups is 2. The maximum absolute atomic E-state index is 11.7. The third kappa shape index (κ3) is 5.50. The maximum atomic E-state index is 11.7. The Morgan fingerprint density at radius 1 is 1.40 bits per heavy atom. The van der Waals surface area contributed by atoms with E-state index in [9.17, 15) is 9.59 Å². The van der Waals surface area contributed by atoms with Crippen LogP contribution in [-0.2, 0) is 9.59 Å². The number of hydrogen-bond donors (Lipinski definition) is 2. The third-order valence-corrected chi connectivity index (χ3v) is 3.58. The molecule has 5 nitrogen and oxygen atoms in total. The van der Waals surface area contributed by atoms with Gasteiger partial charge >= 0.3 is 5.97 Å². The zero-order valence-corrected chi connectivity index (χ0v) is 14.0. The first kappa shape index (κ1) is 17.0. The van der Waals surface area contributed by atoms with E-state index in [0.717, 1.165) is 4.47 Å². The van der Waals surface area contributed by atoms with Gasteiger partial charge in [-0.15, -0.1) is 0 Å².